The summed E-state index contributed by atoms with van der Waals surface area (Å²) in [5.41, 5.74) is -0.753. The molecule has 0 saturated carbocycles. The third kappa shape index (κ3) is 4.06. The maximum absolute atomic E-state index is 13.7. The van der Waals surface area contributed by atoms with Gasteiger partial charge in [0, 0.05) is 5.56 Å². The second-order valence-electron chi connectivity index (χ2n) is 7.18. The number of benzene rings is 2. The number of carboxylic acids is 1. The van der Waals surface area contributed by atoms with Crippen LogP contribution >= 0.6 is 0 Å². The first-order valence-corrected chi connectivity index (χ1v) is 9.48. The molecule has 2 atom stereocenters. The van der Waals surface area contributed by atoms with Crippen LogP contribution in [0.2, 0.25) is 0 Å². The number of hydrogen-bond acceptors (Lipinski definition) is 4. The molecule has 0 bridgehead atoms. The lowest BCUT2D eigenvalue weighted by molar-refractivity contribution is -0.154. The van der Waals surface area contributed by atoms with Gasteiger partial charge < -0.3 is 14.9 Å². The molecule has 1 saturated heterocycles. The van der Waals surface area contributed by atoms with E-state index in [1.165, 1.54) is 6.07 Å². The van der Waals surface area contributed by atoms with Crippen molar-refractivity contribution >= 4 is 12.1 Å². The Bertz CT molecular complexity index is 972. The lowest BCUT2D eigenvalue weighted by Crippen LogP contribution is -2.59. The number of carbonyl (C=O) groups is 2. The molecule has 1 heterocycles. The topological polar surface area (TPSA) is 111 Å². The molecule has 0 aliphatic carbocycles. The Balaban J connectivity index is 1.82. The number of ether oxygens (including phenoxy) is 1. The van der Waals surface area contributed by atoms with Gasteiger partial charge in [0.25, 0.3) is 0 Å². The predicted octanol–water partition coefficient (Wildman–Crippen LogP) is 4.35. The van der Waals surface area contributed by atoms with E-state index < -0.39 is 30.1 Å². The number of likely N-dealkylation sites (tertiary alicyclic amines) is 1. The predicted molar refractivity (Wildman–Crippen MR) is 104 cm³/mol. The molecule has 1 aliphatic heterocycles. The van der Waals surface area contributed by atoms with Gasteiger partial charge >= 0.3 is 12.1 Å². The van der Waals surface area contributed by atoms with Crippen LogP contribution in [-0.4, -0.2) is 32.7 Å². The molecule has 1 fully saturated rings. The Morgan fingerprint density at radius 3 is 2.50 bits per heavy atom. The van der Waals surface area contributed by atoms with Crippen LogP contribution in [0, 0.1) is 17.1 Å². The average Bonchev–Trinajstić information content (AvgIpc) is 2.73. The second-order valence-corrected chi connectivity index (χ2v) is 7.18. The SMILES string of the molecule is N#CC[C@@]1(C(=O)O)CCC[C@H](c2ccc(OCc3ccccc3F)cc2)N1C(=O)O. The summed E-state index contributed by atoms with van der Waals surface area (Å²) in [5, 5.41) is 28.6. The van der Waals surface area contributed by atoms with E-state index >= 15 is 0 Å². The minimum absolute atomic E-state index is 0.0427. The Morgan fingerprint density at radius 2 is 1.90 bits per heavy atom. The zero-order valence-electron chi connectivity index (χ0n) is 16.1. The Labute approximate surface area is 172 Å². The molecule has 2 aromatic carbocycles. The monoisotopic (exact) mass is 412 g/mol. The summed E-state index contributed by atoms with van der Waals surface area (Å²) >= 11 is 0. The van der Waals surface area contributed by atoms with Gasteiger partial charge in [0.2, 0.25) is 0 Å². The van der Waals surface area contributed by atoms with Gasteiger partial charge in [-0.2, -0.15) is 5.26 Å². The van der Waals surface area contributed by atoms with Crippen molar-refractivity contribution in [1.29, 1.82) is 5.26 Å². The summed E-state index contributed by atoms with van der Waals surface area (Å²) in [5.74, 6) is -1.21. The zero-order chi connectivity index (χ0) is 21.7. The number of rotatable bonds is 6. The minimum atomic E-state index is -1.77. The fraction of sp³-hybridized carbons (Fsp3) is 0.318. The standard InChI is InChI=1S/C22H21FN2O5/c23-18-5-2-1-4-16(18)14-30-17-9-7-15(8-10-17)19-6-3-11-22(12-13-24,20(26)27)25(19)21(28)29/h1-2,4-5,7-10,19H,3,6,11-12,14H2,(H,26,27)(H,28,29)/t19-,22-/m1/s1. The van der Waals surface area contributed by atoms with Gasteiger partial charge in [-0.25, -0.2) is 14.0 Å². The van der Waals surface area contributed by atoms with Crippen LogP contribution in [0.5, 0.6) is 5.75 Å². The maximum Gasteiger partial charge on any atom is 0.408 e. The molecule has 0 radical (unpaired) electrons. The van der Waals surface area contributed by atoms with Crippen LogP contribution < -0.4 is 4.74 Å². The molecule has 0 aromatic heterocycles. The van der Waals surface area contributed by atoms with Gasteiger partial charge in [0.15, 0.2) is 5.54 Å². The van der Waals surface area contributed by atoms with Crippen molar-refractivity contribution in [2.24, 2.45) is 0 Å². The largest absolute Gasteiger partial charge is 0.489 e. The molecule has 2 aromatic rings. The highest BCUT2D eigenvalue weighted by atomic mass is 19.1. The smallest absolute Gasteiger partial charge is 0.408 e. The van der Waals surface area contributed by atoms with E-state index in [2.05, 4.69) is 0 Å². The maximum atomic E-state index is 13.7. The molecule has 3 rings (SSSR count). The number of nitriles is 1. The fourth-order valence-electron chi connectivity index (χ4n) is 3.92. The Hall–Kier alpha value is -3.60. The molecule has 1 aliphatic rings. The Morgan fingerprint density at radius 1 is 1.20 bits per heavy atom. The van der Waals surface area contributed by atoms with Gasteiger partial charge in [-0.05, 0) is 43.0 Å². The molecular weight excluding hydrogens is 391 g/mol. The van der Waals surface area contributed by atoms with Crippen molar-refractivity contribution in [3.63, 3.8) is 0 Å². The van der Waals surface area contributed by atoms with E-state index in [1.807, 2.05) is 6.07 Å². The highest BCUT2D eigenvalue weighted by molar-refractivity contribution is 5.85. The van der Waals surface area contributed by atoms with Gasteiger partial charge in [-0.3, -0.25) is 4.90 Å². The van der Waals surface area contributed by atoms with Crippen LogP contribution in [0.1, 0.15) is 42.9 Å². The van der Waals surface area contributed by atoms with Crippen molar-refractivity contribution in [2.45, 2.75) is 43.9 Å². The first-order valence-electron chi connectivity index (χ1n) is 9.48. The number of hydrogen-bond donors (Lipinski definition) is 2. The summed E-state index contributed by atoms with van der Waals surface area (Å²) in [4.78, 5) is 24.8. The van der Waals surface area contributed by atoms with E-state index in [1.54, 1.807) is 42.5 Å². The van der Waals surface area contributed by atoms with Crippen LogP contribution in [-0.2, 0) is 11.4 Å². The molecule has 1 amide bonds. The van der Waals surface area contributed by atoms with Gasteiger partial charge in [0.05, 0.1) is 18.5 Å². The number of halogens is 1. The summed E-state index contributed by atoms with van der Waals surface area (Å²) in [7, 11) is 0. The molecule has 8 heteroatoms. The van der Waals surface area contributed by atoms with Gasteiger partial charge in [-0.1, -0.05) is 30.3 Å². The number of amides is 1. The molecular formula is C22H21FN2O5. The van der Waals surface area contributed by atoms with Crippen LogP contribution in [0.25, 0.3) is 0 Å². The number of carboxylic acid groups (broad SMARTS) is 2. The van der Waals surface area contributed by atoms with E-state index in [0.29, 0.717) is 29.7 Å². The lowest BCUT2D eigenvalue weighted by Gasteiger charge is -2.46. The quantitative estimate of drug-likeness (QED) is 0.730. The van der Waals surface area contributed by atoms with Crippen LogP contribution in [0.4, 0.5) is 9.18 Å². The summed E-state index contributed by atoms with van der Waals surface area (Å²) in [6, 6.07) is 14.0. The zero-order valence-corrected chi connectivity index (χ0v) is 16.1. The number of aliphatic carboxylic acids is 1. The van der Waals surface area contributed by atoms with Crippen LogP contribution in [0.15, 0.2) is 48.5 Å². The van der Waals surface area contributed by atoms with Gasteiger partial charge in [0.1, 0.15) is 18.2 Å². The van der Waals surface area contributed by atoms with E-state index in [9.17, 15) is 24.2 Å². The normalized spacial score (nSPS) is 20.9. The number of piperidine rings is 1. The molecule has 156 valence electrons. The summed E-state index contributed by atoms with van der Waals surface area (Å²) in [6.45, 7) is 0.0427. The fourth-order valence-corrected chi connectivity index (χ4v) is 3.92. The van der Waals surface area contributed by atoms with Crippen molar-refractivity contribution in [2.75, 3.05) is 0 Å². The average molecular weight is 412 g/mol. The summed E-state index contributed by atoms with van der Waals surface area (Å²) < 4.78 is 19.3. The van der Waals surface area contributed by atoms with E-state index in [-0.39, 0.29) is 18.8 Å². The molecule has 7 nitrogen and oxygen atoms in total. The minimum Gasteiger partial charge on any atom is -0.489 e. The highest BCUT2D eigenvalue weighted by Gasteiger charge is 2.52. The second kappa shape index (κ2) is 8.82. The first-order chi connectivity index (χ1) is 14.4. The molecule has 30 heavy (non-hydrogen) atoms. The molecule has 0 unspecified atom stereocenters. The van der Waals surface area contributed by atoms with E-state index in [0.717, 1.165) is 4.90 Å². The Kier molecular flexibility index (Phi) is 6.21. The highest BCUT2D eigenvalue weighted by Crippen LogP contribution is 2.42. The van der Waals surface area contributed by atoms with E-state index in [4.69, 9.17) is 10.00 Å². The van der Waals surface area contributed by atoms with Crippen molar-refractivity contribution < 1.29 is 28.9 Å². The summed E-state index contributed by atoms with van der Waals surface area (Å²) in [6.07, 6.45) is -0.787. The van der Waals surface area contributed by atoms with Crippen LogP contribution in [0.3, 0.4) is 0 Å². The van der Waals surface area contributed by atoms with Crippen molar-refractivity contribution in [3.05, 3.63) is 65.5 Å². The van der Waals surface area contributed by atoms with Gasteiger partial charge in [-0.15, -0.1) is 0 Å². The van der Waals surface area contributed by atoms with Crippen molar-refractivity contribution in [3.8, 4) is 11.8 Å². The lowest BCUT2D eigenvalue weighted by atomic mass is 9.79. The number of nitrogens with zero attached hydrogens (tertiary/aromatic N) is 2. The third-order valence-electron chi connectivity index (χ3n) is 5.43. The molecule has 2 N–H and O–H groups in total. The molecule has 0 spiro atoms. The van der Waals surface area contributed by atoms with Crippen molar-refractivity contribution in [1.82, 2.24) is 4.90 Å². The first kappa shape index (κ1) is 21.1. The third-order valence-corrected chi connectivity index (χ3v) is 5.43.